The molecule has 25 heavy (non-hydrogen) atoms. The molecule has 0 saturated carbocycles. The number of hydrogen-bond acceptors (Lipinski definition) is 6. The molecule has 3 unspecified atom stereocenters. The minimum Gasteiger partial charge on any atom is -0.381 e. The Morgan fingerprint density at radius 2 is 1.84 bits per heavy atom. The van der Waals surface area contributed by atoms with Crippen LogP contribution in [0.2, 0.25) is 0 Å². The molecule has 0 aromatic carbocycles. The Bertz CT molecular complexity index is 464. The lowest BCUT2D eigenvalue weighted by molar-refractivity contribution is -0.140. The Labute approximate surface area is 149 Å². The van der Waals surface area contributed by atoms with Gasteiger partial charge in [-0.25, -0.2) is 0 Å². The van der Waals surface area contributed by atoms with E-state index < -0.39 is 0 Å². The van der Waals surface area contributed by atoms with E-state index >= 15 is 0 Å². The molecule has 0 aromatic rings. The second-order valence-corrected chi connectivity index (χ2v) is 7.75. The van der Waals surface area contributed by atoms with E-state index in [9.17, 15) is 4.79 Å². The molecule has 7 nitrogen and oxygen atoms in total. The van der Waals surface area contributed by atoms with E-state index in [1.165, 1.54) is 0 Å². The van der Waals surface area contributed by atoms with Gasteiger partial charge >= 0.3 is 0 Å². The molecule has 0 radical (unpaired) electrons. The van der Waals surface area contributed by atoms with Gasteiger partial charge in [0.1, 0.15) is 5.60 Å². The maximum atomic E-state index is 12.8. The summed E-state index contributed by atoms with van der Waals surface area (Å²) in [6.45, 7) is 8.31. The summed E-state index contributed by atoms with van der Waals surface area (Å²) < 4.78 is 23.1. The molecule has 1 spiro atoms. The zero-order chi connectivity index (χ0) is 17.1. The normalized spacial score (nSPS) is 37.5. The van der Waals surface area contributed by atoms with Crippen molar-refractivity contribution in [2.75, 3.05) is 72.4 Å². The third kappa shape index (κ3) is 4.17. The first kappa shape index (κ1) is 17.7. The summed E-state index contributed by atoms with van der Waals surface area (Å²) in [4.78, 5) is 17.2. The van der Waals surface area contributed by atoms with E-state index in [0.29, 0.717) is 39.5 Å². The third-order valence-corrected chi connectivity index (χ3v) is 5.84. The fourth-order valence-corrected chi connectivity index (χ4v) is 4.40. The van der Waals surface area contributed by atoms with Crippen molar-refractivity contribution in [3.8, 4) is 0 Å². The van der Waals surface area contributed by atoms with E-state index in [1.807, 2.05) is 4.90 Å². The molecule has 1 amide bonds. The average Bonchev–Trinajstić information content (AvgIpc) is 3.24. The van der Waals surface area contributed by atoms with Gasteiger partial charge in [0, 0.05) is 32.8 Å². The lowest BCUT2D eigenvalue weighted by Gasteiger charge is -2.34. The van der Waals surface area contributed by atoms with Crippen molar-refractivity contribution in [1.82, 2.24) is 9.80 Å². The monoisotopic (exact) mass is 354 g/mol. The van der Waals surface area contributed by atoms with Crippen LogP contribution in [0.3, 0.4) is 0 Å². The summed E-state index contributed by atoms with van der Waals surface area (Å²) in [5.74, 6) is 0.225. The number of ether oxygens (including phenoxy) is 4. The molecule has 4 fully saturated rings. The third-order valence-electron chi connectivity index (χ3n) is 5.84. The number of morpholine rings is 1. The number of nitrogens with zero attached hydrogens (tertiary/aromatic N) is 2. The van der Waals surface area contributed by atoms with Gasteiger partial charge in [-0.2, -0.15) is 0 Å². The maximum Gasteiger partial charge on any atom is 0.228 e. The van der Waals surface area contributed by atoms with Crippen molar-refractivity contribution in [3.05, 3.63) is 0 Å². The van der Waals surface area contributed by atoms with Gasteiger partial charge in [0.05, 0.1) is 51.6 Å². The van der Waals surface area contributed by atoms with Crippen molar-refractivity contribution in [2.45, 2.75) is 31.0 Å². The molecule has 4 saturated heterocycles. The topological polar surface area (TPSA) is 60.5 Å². The van der Waals surface area contributed by atoms with Crippen molar-refractivity contribution >= 4 is 5.91 Å². The van der Waals surface area contributed by atoms with Gasteiger partial charge in [0.2, 0.25) is 5.91 Å². The molecule has 4 aliphatic rings. The van der Waals surface area contributed by atoms with E-state index in [4.69, 9.17) is 18.9 Å². The van der Waals surface area contributed by atoms with Crippen LogP contribution in [0.4, 0.5) is 0 Å². The molecule has 0 bridgehead atoms. The molecule has 142 valence electrons. The van der Waals surface area contributed by atoms with E-state index in [-0.39, 0.29) is 23.5 Å². The molecule has 4 rings (SSSR count). The SMILES string of the molecule is O=C(C1CCOC1)N1CCOCC2(CCC(CN3CCOCC3)O2)C1. The quantitative estimate of drug-likeness (QED) is 0.718. The summed E-state index contributed by atoms with van der Waals surface area (Å²) in [5.41, 5.74) is -0.331. The van der Waals surface area contributed by atoms with Gasteiger partial charge in [0.25, 0.3) is 0 Å². The van der Waals surface area contributed by atoms with Crippen molar-refractivity contribution in [3.63, 3.8) is 0 Å². The Balaban J connectivity index is 1.35. The fourth-order valence-electron chi connectivity index (χ4n) is 4.40. The summed E-state index contributed by atoms with van der Waals surface area (Å²) >= 11 is 0. The van der Waals surface area contributed by atoms with Gasteiger partial charge in [-0.05, 0) is 19.3 Å². The van der Waals surface area contributed by atoms with Gasteiger partial charge in [-0.3, -0.25) is 9.69 Å². The van der Waals surface area contributed by atoms with Crippen LogP contribution in [0.25, 0.3) is 0 Å². The predicted octanol–water partition coefficient (Wildman–Crippen LogP) is 0.132. The molecular weight excluding hydrogens is 324 g/mol. The van der Waals surface area contributed by atoms with Crippen LogP contribution < -0.4 is 0 Å². The lowest BCUT2D eigenvalue weighted by atomic mass is 9.99. The highest BCUT2D eigenvalue weighted by atomic mass is 16.6. The van der Waals surface area contributed by atoms with Gasteiger partial charge in [0.15, 0.2) is 0 Å². The van der Waals surface area contributed by atoms with Crippen molar-refractivity contribution < 1.29 is 23.7 Å². The molecule has 0 aromatic heterocycles. The van der Waals surface area contributed by atoms with Crippen LogP contribution in [0, 0.1) is 5.92 Å². The molecule has 3 atom stereocenters. The molecule has 7 heteroatoms. The first-order valence-corrected chi connectivity index (χ1v) is 9.66. The lowest BCUT2D eigenvalue weighted by Crippen LogP contribution is -2.49. The average molecular weight is 354 g/mol. The standard InChI is InChI=1S/C18H30N2O5/c21-17(15-2-7-23-12-15)20-6-10-24-14-18(13-20)3-1-16(25-18)11-19-4-8-22-9-5-19/h15-16H,1-14H2. The minimum atomic E-state index is -0.331. The minimum absolute atomic E-state index is 0.0145. The van der Waals surface area contributed by atoms with Gasteiger partial charge in [-0.1, -0.05) is 0 Å². The first-order valence-electron chi connectivity index (χ1n) is 9.66. The van der Waals surface area contributed by atoms with E-state index in [2.05, 4.69) is 4.90 Å². The maximum absolute atomic E-state index is 12.8. The largest absolute Gasteiger partial charge is 0.381 e. The van der Waals surface area contributed by atoms with Crippen LogP contribution in [0.5, 0.6) is 0 Å². The number of amides is 1. The highest BCUT2D eigenvalue weighted by Crippen LogP contribution is 2.34. The first-order chi connectivity index (χ1) is 12.2. The van der Waals surface area contributed by atoms with Crippen LogP contribution >= 0.6 is 0 Å². The number of rotatable bonds is 3. The smallest absolute Gasteiger partial charge is 0.228 e. The second kappa shape index (κ2) is 7.88. The van der Waals surface area contributed by atoms with Crippen molar-refractivity contribution in [2.24, 2.45) is 5.92 Å². The number of carbonyl (C=O) groups excluding carboxylic acids is 1. The fraction of sp³-hybridized carbons (Fsp3) is 0.944. The van der Waals surface area contributed by atoms with Crippen LogP contribution in [0.15, 0.2) is 0 Å². The van der Waals surface area contributed by atoms with Crippen LogP contribution in [0.1, 0.15) is 19.3 Å². The summed E-state index contributed by atoms with van der Waals surface area (Å²) in [7, 11) is 0. The summed E-state index contributed by atoms with van der Waals surface area (Å²) in [5, 5.41) is 0. The molecule has 4 aliphatic heterocycles. The molecule has 0 N–H and O–H groups in total. The zero-order valence-electron chi connectivity index (χ0n) is 15.0. The van der Waals surface area contributed by atoms with Crippen LogP contribution in [-0.4, -0.2) is 99.8 Å². The summed E-state index contributed by atoms with van der Waals surface area (Å²) in [6.07, 6.45) is 3.07. The molecular formula is C18H30N2O5. The Morgan fingerprint density at radius 3 is 2.64 bits per heavy atom. The zero-order valence-corrected chi connectivity index (χ0v) is 15.0. The van der Waals surface area contributed by atoms with Crippen LogP contribution in [-0.2, 0) is 23.7 Å². The molecule has 4 heterocycles. The van der Waals surface area contributed by atoms with E-state index in [1.54, 1.807) is 0 Å². The Hall–Kier alpha value is -0.730. The summed E-state index contributed by atoms with van der Waals surface area (Å²) in [6, 6.07) is 0. The highest BCUT2D eigenvalue weighted by molar-refractivity contribution is 5.79. The Kier molecular flexibility index (Phi) is 5.57. The van der Waals surface area contributed by atoms with Gasteiger partial charge < -0.3 is 23.8 Å². The predicted molar refractivity (Wildman–Crippen MR) is 90.4 cm³/mol. The van der Waals surface area contributed by atoms with E-state index in [0.717, 1.165) is 52.1 Å². The number of hydrogen-bond donors (Lipinski definition) is 0. The van der Waals surface area contributed by atoms with Gasteiger partial charge in [-0.15, -0.1) is 0 Å². The van der Waals surface area contributed by atoms with Crippen molar-refractivity contribution in [1.29, 1.82) is 0 Å². The second-order valence-electron chi connectivity index (χ2n) is 7.75. The highest BCUT2D eigenvalue weighted by Gasteiger charge is 2.45. The number of carbonyl (C=O) groups is 1. The molecule has 0 aliphatic carbocycles. The Morgan fingerprint density at radius 1 is 1.00 bits per heavy atom.